The monoisotopic (exact) mass is 871 g/mol. The number of nitrogens with zero attached hydrogens (tertiary/aromatic N) is 3. The summed E-state index contributed by atoms with van der Waals surface area (Å²) in [4.78, 5) is 11.5. The number of hydrogen-bond acceptors (Lipinski definition) is 4. The van der Waals surface area contributed by atoms with E-state index < -0.39 is 0 Å². The van der Waals surface area contributed by atoms with Crippen molar-refractivity contribution in [1.82, 2.24) is 4.57 Å². The maximum Gasteiger partial charge on any atom is 0.160 e. The van der Waals surface area contributed by atoms with E-state index in [1.54, 1.807) is 0 Å². The van der Waals surface area contributed by atoms with Gasteiger partial charge in [0.05, 0.1) is 33.5 Å². The number of rotatable bonds is 5. The fourth-order valence-electron chi connectivity index (χ4n) is 10.8. The first-order valence-electron chi connectivity index (χ1n) is 23.4. The minimum atomic E-state index is -0.00268. The van der Waals surface area contributed by atoms with Crippen LogP contribution in [0.4, 0.5) is 0 Å². The lowest BCUT2D eigenvalue weighted by atomic mass is 9.92. The van der Waals surface area contributed by atoms with Crippen LogP contribution in [0.5, 0.6) is 0 Å². The van der Waals surface area contributed by atoms with E-state index in [1.807, 2.05) is 18.2 Å². The van der Waals surface area contributed by atoms with Crippen molar-refractivity contribution in [3.05, 3.63) is 229 Å². The minimum Gasteiger partial charge on any atom is -0.456 e. The molecule has 14 rings (SSSR count). The van der Waals surface area contributed by atoms with Gasteiger partial charge in [-0.05, 0) is 82.2 Å². The van der Waals surface area contributed by atoms with Gasteiger partial charge < -0.3 is 13.4 Å². The molecule has 3 aromatic heterocycles. The summed E-state index contributed by atoms with van der Waals surface area (Å²) in [6.07, 6.45) is 3.02. The summed E-state index contributed by atoms with van der Waals surface area (Å²) in [5.41, 5.74) is 13.6. The van der Waals surface area contributed by atoms with Crippen molar-refractivity contribution < 1.29 is 8.83 Å². The van der Waals surface area contributed by atoms with Gasteiger partial charge in [-0.25, -0.2) is 9.98 Å². The third-order valence-corrected chi connectivity index (χ3v) is 14.0. The lowest BCUT2D eigenvalue weighted by molar-refractivity contribution is 0.666. The molecule has 4 heterocycles. The normalized spacial score (nSPS) is 16.9. The van der Waals surface area contributed by atoms with Crippen molar-refractivity contribution in [2.45, 2.75) is 13.3 Å². The Morgan fingerprint density at radius 1 is 0.456 bits per heavy atom. The lowest BCUT2D eigenvalue weighted by Gasteiger charge is -2.21. The van der Waals surface area contributed by atoms with Crippen molar-refractivity contribution in [2.24, 2.45) is 15.9 Å². The number of benzene rings is 10. The number of aromatic nitrogens is 1. The van der Waals surface area contributed by atoms with E-state index in [1.165, 1.54) is 32.3 Å². The van der Waals surface area contributed by atoms with Crippen molar-refractivity contribution in [1.29, 1.82) is 0 Å². The van der Waals surface area contributed by atoms with Crippen LogP contribution in [0, 0.1) is 5.92 Å². The van der Waals surface area contributed by atoms with Gasteiger partial charge in [0.2, 0.25) is 0 Å². The minimum absolute atomic E-state index is 0.00268. The molecule has 0 radical (unpaired) electrons. The Balaban J connectivity index is 1.09. The molecule has 0 spiro atoms. The van der Waals surface area contributed by atoms with Gasteiger partial charge in [-0.3, -0.25) is 0 Å². The highest BCUT2D eigenvalue weighted by atomic mass is 16.3. The quantitative estimate of drug-likeness (QED) is 0.173. The van der Waals surface area contributed by atoms with Crippen molar-refractivity contribution in [3.63, 3.8) is 0 Å². The maximum atomic E-state index is 6.74. The first-order valence-corrected chi connectivity index (χ1v) is 23.4. The van der Waals surface area contributed by atoms with Crippen LogP contribution in [-0.4, -0.2) is 16.1 Å². The largest absolute Gasteiger partial charge is 0.456 e. The summed E-state index contributed by atoms with van der Waals surface area (Å²) in [7, 11) is 0. The van der Waals surface area contributed by atoms with Gasteiger partial charge in [-0.2, -0.15) is 0 Å². The van der Waals surface area contributed by atoms with Crippen LogP contribution < -0.4 is 0 Å². The maximum absolute atomic E-state index is 6.74. The van der Waals surface area contributed by atoms with Crippen LogP contribution in [0.2, 0.25) is 0 Å². The summed E-state index contributed by atoms with van der Waals surface area (Å²) in [5.74, 6) is 0.627. The molecule has 0 N–H and O–H groups in total. The molecule has 0 bridgehead atoms. The van der Waals surface area contributed by atoms with E-state index in [9.17, 15) is 0 Å². The van der Waals surface area contributed by atoms with E-state index in [4.69, 9.17) is 18.8 Å². The van der Waals surface area contributed by atoms with Crippen LogP contribution in [0.15, 0.2) is 231 Å². The smallest absolute Gasteiger partial charge is 0.160 e. The summed E-state index contributed by atoms with van der Waals surface area (Å²) in [6.45, 7) is 2.27. The highest BCUT2D eigenvalue weighted by Crippen LogP contribution is 2.45. The molecule has 5 nitrogen and oxygen atoms in total. The molecule has 0 saturated carbocycles. The number of allylic oxidation sites excluding steroid dienone is 1. The number of hydrogen-bond donors (Lipinski definition) is 0. The van der Waals surface area contributed by atoms with Gasteiger partial charge in [0.15, 0.2) is 5.84 Å². The second-order valence-electron chi connectivity index (χ2n) is 18.1. The molecule has 1 aliphatic rings. The van der Waals surface area contributed by atoms with Gasteiger partial charge in [0.25, 0.3) is 0 Å². The van der Waals surface area contributed by atoms with Crippen molar-refractivity contribution in [2.75, 3.05) is 0 Å². The topological polar surface area (TPSA) is 55.9 Å². The lowest BCUT2D eigenvalue weighted by Crippen LogP contribution is -2.17. The first kappa shape index (κ1) is 38.5. The predicted molar refractivity (Wildman–Crippen MR) is 284 cm³/mol. The Kier molecular flexibility index (Phi) is 8.56. The Labute approximate surface area is 391 Å². The summed E-state index contributed by atoms with van der Waals surface area (Å²) in [5, 5.41) is 11.4. The fourth-order valence-corrected chi connectivity index (χ4v) is 10.8. The third-order valence-electron chi connectivity index (χ3n) is 14.0. The summed E-state index contributed by atoms with van der Waals surface area (Å²) < 4.78 is 15.9. The van der Waals surface area contributed by atoms with E-state index in [0.717, 1.165) is 99.8 Å². The van der Waals surface area contributed by atoms with Crippen molar-refractivity contribution >= 4 is 104 Å². The van der Waals surface area contributed by atoms with Gasteiger partial charge >= 0.3 is 0 Å². The van der Waals surface area contributed by atoms with Crippen LogP contribution in [-0.2, 0) is 0 Å². The third kappa shape index (κ3) is 5.95. The molecular formula is C63H41N3O2. The molecule has 1 atom stereocenters. The fraction of sp³-hybridized carbons (Fsp3) is 0.0476. The second kappa shape index (κ2) is 15.1. The highest BCUT2D eigenvalue weighted by molar-refractivity contribution is 6.24. The van der Waals surface area contributed by atoms with Gasteiger partial charge in [-0.15, -0.1) is 0 Å². The van der Waals surface area contributed by atoms with Crippen LogP contribution in [0.1, 0.15) is 30.0 Å². The number of para-hydroxylation sites is 3. The Morgan fingerprint density at radius 2 is 1.13 bits per heavy atom. The zero-order chi connectivity index (χ0) is 44.9. The van der Waals surface area contributed by atoms with Crippen LogP contribution >= 0.6 is 0 Å². The van der Waals surface area contributed by atoms with Gasteiger partial charge in [0, 0.05) is 54.9 Å². The second-order valence-corrected chi connectivity index (χ2v) is 18.1. The first-order chi connectivity index (χ1) is 33.6. The number of aliphatic imine (C=N–C) groups is 2. The molecule has 0 amide bonds. The molecule has 320 valence electrons. The molecular weight excluding hydrogens is 831 g/mol. The molecule has 68 heavy (non-hydrogen) atoms. The molecule has 1 aliphatic heterocycles. The SMILES string of the molecule is CC1C/C=C(c2ccc3oc4ccccc4c3c2-n2c3cc4ccccc4cc3c3ccc4ccccc4c32)/N=C(c2cccc(-c3ccccc3)c2)\N=C/1c1cccc2c1oc1ccccc12. The standard InChI is InChI=1S/C63H41N3O2/c1-38-29-33-53(64-63(44-21-13-20-41(35-44)39-15-3-2-4-16-39)65-59(38)51-26-14-25-48-46-23-9-11-27-55(46)68-62(48)51)49-32-34-57-58(50-24-10-12-28-56(50)67-57)61(49)66-54-37-43-19-6-5-18-42(43)36-52(54)47-31-30-40-17-7-8-22-45(40)60(47)66/h2-28,30-38H,29H2,1H3/b53-33+,64-63-,65-59+. The van der Waals surface area contributed by atoms with E-state index in [0.29, 0.717) is 12.3 Å². The predicted octanol–water partition coefficient (Wildman–Crippen LogP) is 16.9. The van der Waals surface area contributed by atoms with E-state index in [2.05, 4.69) is 206 Å². The zero-order valence-electron chi connectivity index (χ0n) is 37.1. The zero-order valence-corrected chi connectivity index (χ0v) is 37.1. The van der Waals surface area contributed by atoms with E-state index >= 15 is 0 Å². The highest BCUT2D eigenvalue weighted by Gasteiger charge is 2.27. The number of fused-ring (bicyclic) bond motifs is 12. The summed E-state index contributed by atoms with van der Waals surface area (Å²) >= 11 is 0. The van der Waals surface area contributed by atoms with Gasteiger partial charge in [-0.1, -0.05) is 171 Å². The molecule has 0 aliphatic carbocycles. The number of furan rings is 2. The Bertz CT molecular complexity index is 4310. The molecule has 5 heteroatoms. The van der Waals surface area contributed by atoms with Crippen LogP contribution in [0.3, 0.4) is 0 Å². The Hall–Kier alpha value is -8.80. The summed E-state index contributed by atoms with van der Waals surface area (Å²) in [6, 6.07) is 73.3. The number of amidine groups is 1. The average Bonchev–Trinajstić information content (AvgIpc) is 4.07. The van der Waals surface area contributed by atoms with Crippen LogP contribution in [0.25, 0.3) is 110 Å². The molecule has 10 aromatic carbocycles. The molecule has 1 unspecified atom stereocenters. The molecule has 0 saturated heterocycles. The molecule has 0 fully saturated rings. The van der Waals surface area contributed by atoms with Crippen molar-refractivity contribution in [3.8, 4) is 16.8 Å². The van der Waals surface area contributed by atoms with E-state index in [-0.39, 0.29) is 5.92 Å². The average molecular weight is 872 g/mol. The van der Waals surface area contributed by atoms with Gasteiger partial charge in [0.1, 0.15) is 22.3 Å². The Morgan fingerprint density at radius 3 is 1.99 bits per heavy atom. The molecule has 13 aromatic rings.